The molecule has 3 N–H and O–H groups in total. The van der Waals surface area contributed by atoms with Crippen molar-refractivity contribution in [3.63, 3.8) is 0 Å². The molecule has 3 nitrogen and oxygen atoms in total. The summed E-state index contributed by atoms with van der Waals surface area (Å²) in [7, 11) is -3.51. The molecular formula is C23H50O3P+. The van der Waals surface area contributed by atoms with E-state index in [1.807, 2.05) is 0 Å². The van der Waals surface area contributed by atoms with Gasteiger partial charge in [0.25, 0.3) is 0 Å². The molecule has 0 atom stereocenters. The Hall–Kier alpha value is 0.310. The molecular weight excluding hydrogens is 355 g/mol. The van der Waals surface area contributed by atoms with Crippen molar-refractivity contribution >= 4 is 7.94 Å². The topological polar surface area (TPSA) is 60.7 Å². The maximum absolute atomic E-state index is 8.90. The largest absolute Gasteiger partial charge is 0.403 e. The van der Waals surface area contributed by atoms with E-state index in [1.54, 1.807) is 0 Å². The molecule has 0 aromatic rings. The molecule has 0 spiro atoms. The van der Waals surface area contributed by atoms with Gasteiger partial charge in [-0.1, -0.05) is 129 Å². The van der Waals surface area contributed by atoms with Gasteiger partial charge in [-0.25, -0.2) is 0 Å². The second-order valence-corrected chi connectivity index (χ2v) is 10.3. The zero-order valence-corrected chi connectivity index (χ0v) is 19.2. The van der Waals surface area contributed by atoms with E-state index in [0.29, 0.717) is 0 Å². The fourth-order valence-corrected chi connectivity index (χ4v) is 4.40. The maximum atomic E-state index is 8.90. The molecule has 0 aliphatic carbocycles. The summed E-state index contributed by atoms with van der Waals surface area (Å²) in [4.78, 5) is 26.7. The van der Waals surface area contributed by atoms with Gasteiger partial charge < -0.3 is 0 Å². The summed E-state index contributed by atoms with van der Waals surface area (Å²) in [6, 6.07) is 0. The molecule has 0 aliphatic rings. The van der Waals surface area contributed by atoms with Crippen molar-refractivity contribution in [3.8, 4) is 0 Å². The van der Waals surface area contributed by atoms with Crippen LogP contribution in [0.15, 0.2) is 0 Å². The SMILES string of the molecule is CCCCCCCCCCCCCCCCCCCCCCC[P+](O)(O)O. The molecule has 0 fully saturated rings. The molecule has 0 bridgehead atoms. The Kier molecular flexibility index (Phi) is 21.3. The Morgan fingerprint density at radius 3 is 0.815 bits per heavy atom. The zero-order valence-electron chi connectivity index (χ0n) is 18.3. The number of hydrogen-bond acceptors (Lipinski definition) is 3. The lowest BCUT2D eigenvalue weighted by molar-refractivity contribution is 0.328. The van der Waals surface area contributed by atoms with Gasteiger partial charge in [0, 0.05) is 0 Å². The third-order valence-electron chi connectivity index (χ3n) is 5.56. The van der Waals surface area contributed by atoms with E-state index in [-0.39, 0.29) is 6.16 Å². The lowest BCUT2D eigenvalue weighted by Crippen LogP contribution is -1.95. The van der Waals surface area contributed by atoms with Gasteiger partial charge in [-0.3, -0.25) is 0 Å². The molecule has 0 unspecified atom stereocenters. The smallest absolute Gasteiger partial charge is 0.193 e. The second-order valence-electron chi connectivity index (χ2n) is 8.49. The summed E-state index contributed by atoms with van der Waals surface area (Å²) < 4.78 is 0. The van der Waals surface area contributed by atoms with Crippen LogP contribution in [0, 0.1) is 0 Å². The quantitative estimate of drug-likeness (QED) is 0.126. The summed E-state index contributed by atoms with van der Waals surface area (Å²) in [5, 5.41) is 0. The van der Waals surface area contributed by atoms with Crippen molar-refractivity contribution < 1.29 is 14.7 Å². The van der Waals surface area contributed by atoms with Crippen molar-refractivity contribution in [1.82, 2.24) is 0 Å². The number of rotatable bonds is 22. The van der Waals surface area contributed by atoms with E-state index in [0.717, 1.165) is 19.3 Å². The minimum Gasteiger partial charge on any atom is -0.193 e. The minimum atomic E-state index is -3.51. The molecule has 27 heavy (non-hydrogen) atoms. The van der Waals surface area contributed by atoms with Crippen LogP contribution in [0.25, 0.3) is 0 Å². The summed E-state index contributed by atoms with van der Waals surface area (Å²) in [5.74, 6) is 0. The first-order chi connectivity index (χ1) is 13.1. The number of hydrogen-bond donors (Lipinski definition) is 3. The van der Waals surface area contributed by atoms with Gasteiger partial charge in [0.15, 0.2) is 0 Å². The van der Waals surface area contributed by atoms with Crippen LogP contribution in [-0.4, -0.2) is 20.8 Å². The van der Waals surface area contributed by atoms with Gasteiger partial charge in [-0.2, -0.15) is 14.7 Å². The number of unbranched alkanes of at least 4 members (excludes halogenated alkanes) is 20. The van der Waals surface area contributed by atoms with Gasteiger partial charge in [0.2, 0.25) is 0 Å². The highest BCUT2D eigenvalue weighted by Crippen LogP contribution is 2.45. The summed E-state index contributed by atoms with van der Waals surface area (Å²) in [5.41, 5.74) is 0. The molecule has 0 aliphatic heterocycles. The highest BCUT2D eigenvalue weighted by Gasteiger charge is 2.27. The first-order valence-corrected chi connectivity index (χ1v) is 14.0. The predicted molar refractivity (Wildman–Crippen MR) is 121 cm³/mol. The zero-order chi connectivity index (χ0) is 20.1. The van der Waals surface area contributed by atoms with Gasteiger partial charge in [0.05, 0.1) is 0 Å². The molecule has 0 radical (unpaired) electrons. The fourth-order valence-electron chi connectivity index (χ4n) is 3.76. The summed E-state index contributed by atoms with van der Waals surface area (Å²) in [6.07, 6.45) is 28.3. The Morgan fingerprint density at radius 1 is 0.370 bits per heavy atom. The average molecular weight is 406 g/mol. The standard InChI is InChI=1S/C23H50O3P/c1-2-3-4-5-6-7-8-9-10-11-12-13-14-15-16-17-18-19-20-21-22-23-27(24,25)26/h24-26H,2-23H2,1H3/q+1. The Bertz CT molecular complexity index is 279. The van der Waals surface area contributed by atoms with Crippen molar-refractivity contribution in [1.29, 1.82) is 0 Å². The van der Waals surface area contributed by atoms with Crippen LogP contribution in [0.3, 0.4) is 0 Å². The second kappa shape index (κ2) is 21.0. The fraction of sp³-hybridized carbons (Fsp3) is 1.00. The van der Waals surface area contributed by atoms with E-state index in [9.17, 15) is 0 Å². The summed E-state index contributed by atoms with van der Waals surface area (Å²) in [6.45, 7) is 2.28. The monoisotopic (exact) mass is 405 g/mol. The van der Waals surface area contributed by atoms with Gasteiger partial charge in [0.1, 0.15) is 6.16 Å². The minimum absolute atomic E-state index is 0.173. The highest BCUT2D eigenvalue weighted by molar-refractivity contribution is 7.58. The Balaban J connectivity index is 3.01. The molecule has 0 saturated carbocycles. The maximum Gasteiger partial charge on any atom is 0.403 e. The van der Waals surface area contributed by atoms with Crippen LogP contribution < -0.4 is 0 Å². The molecule has 0 amide bonds. The summed E-state index contributed by atoms with van der Waals surface area (Å²) >= 11 is 0. The lowest BCUT2D eigenvalue weighted by Gasteiger charge is -2.05. The molecule has 164 valence electrons. The Morgan fingerprint density at radius 2 is 0.593 bits per heavy atom. The third kappa shape index (κ3) is 26.3. The van der Waals surface area contributed by atoms with Gasteiger partial charge in [-0.15, -0.1) is 0 Å². The van der Waals surface area contributed by atoms with E-state index in [2.05, 4.69) is 6.92 Å². The van der Waals surface area contributed by atoms with E-state index < -0.39 is 7.94 Å². The molecule has 0 heterocycles. The van der Waals surface area contributed by atoms with Crippen LogP contribution in [0.1, 0.15) is 142 Å². The molecule has 0 saturated heterocycles. The van der Waals surface area contributed by atoms with Crippen LogP contribution in [-0.2, 0) is 0 Å². The normalized spacial score (nSPS) is 12.0. The van der Waals surface area contributed by atoms with Crippen molar-refractivity contribution in [2.24, 2.45) is 0 Å². The van der Waals surface area contributed by atoms with E-state index in [1.165, 1.54) is 116 Å². The van der Waals surface area contributed by atoms with Crippen molar-refractivity contribution in [3.05, 3.63) is 0 Å². The van der Waals surface area contributed by atoms with Crippen LogP contribution in [0.5, 0.6) is 0 Å². The lowest BCUT2D eigenvalue weighted by atomic mass is 10.0. The molecule has 0 rings (SSSR count). The first-order valence-electron chi connectivity index (χ1n) is 12.1. The van der Waals surface area contributed by atoms with E-state index >= 15 is 0 Å². The third-order valence-corrected chi connectivity index (χ3v) is 6.48. The average Bonchev–Trinajstić information content (AvgIpc) is 2.62. The van der Waals surface area contributed by atoms with Crippen molar-refractivity contribution in [2.45, 2.75) is 142 Å². The highest BCUT2D eigenvalue weighted by atomic mass is 31.2. The van der Waals surface area contributed by atoms with Crippen LogP contribution >= 0.6 is 7.94 Å². The first kappa shape index (κ1) is 27.3. The van der Waals surface area contributed by atoms with Crippen LogP contribution in [0.2, 0.25) is 0 Å². The van der Waals surface area contributed by atoms with Crippen molar-refractivity contribution in [2.75, 3.05) is 6.16 Å². The van der Waals surface area contributed by atoms with E-state index in [4.69, 9.17) is 14.7 Å². The van der Waals surface area contributed by atoms with Crippen LogP contribution in [0.4, 0.5) is 0 Å². The van der Waals surface area contributed by atoms with Gasteiger partial charge in [-0.05, 0) is 12.8 Å². The van der Waals surface area contributed by atoms with Gasteiger partial charge >= 0.3 is 7.94 Å². The molecule has 4 heteroatoms. The molecule has 0 aromatic carbocycles. The predicted octanol–water partition coefficient (Wildman–Crippen LogP) is 7.94. The molecule has 0 aromatic heterocycles. The Labute approximate surface area is 170 Å².